The number of halogens is 1. The van der Waals surface area contributed by atoms with Crippen LogP contribution in [0.4, 0.5) is 0 Å². The molecule has 1 aromatic carbocycles. The summed E-state index contributed by atoms with van der Waals surface area (Å²) in [7, 11) is 1.54. The largest absolute Gasteiger partial charge is 0.496 e. The van der Waals surface area contributed by atoms with Crippen molar-refractivity contribution in [1.82, 2.24) is 0 Å². The number of primary amides is 1. The van der Waals surface area contributed by atoms with Crippen LogP contribution in [-0.4, -0.2) is 13.0 Å². The van der Waals surface area contributed by atoms with Crippen molar-refractivity contribution in [2.75, 3.05) is 7.11 Å². The molecule has 92 valence electrons. The molecular weight excluding hydrogens is 252 g/mol. The number of hydrogen-bond donors (Lipinski definition) is 1. The molecule has 0 aliphatic carbocycles. The second kappa shape index (κ2) is 6.48. The van der Waals surface area contributed by atoms with E-state index in [2.05, 4.69) is 0 Å². The molecule has 0 radical (unpaired) electrons. The maximum atomic E-state index is 10.8. The Kier molecular flexibility index (Phi) is 4.97. The first-order chi connectivity index (χ1) is 8.58. The number of allylic oxidation sites excluding steroid dienone is 2. The van der Waals surface area contributed by atoms with Gasteiger partial charge in [-0.1, -0.05) is 23.8 Å². The third kappa shape index (κ3) is 3.65. The summed E-state index contributed by atoms with van der Waals surface area (Å²) < 4.78 is 5.14. The molecule has 2 N–H and O–H groups in total. The topological polar surface area (TPSA) is 76.1 Å². The molecule has 0 saturated carbocycles. The fourth-order valence-electron chi connectivity index (χ4n) is 1.26. The molecule has 0 aliphatic heterocycles. The quantitative estimate of drug-likeness (QED) is 0.514. The number of carbonyl (C=O) groups excluding carboxylic acids is 1. The van der Waals surface area contributed by atoms with Crippen molar-refractivity contribution in [1.29, 1.82) is 5.26 Å². The minimum absolute atomic E-state index is 0.118. The molecule has 1 rings (SSSR count). The van der Waals surface area contributed by atoms with Crippen molar-refractivity contribution >= 4 is 23.6 Å². The van der Waals surface area contributed by atoms with Crippen LogP contribution in [0.15, 0.2) is 35.9 Å². The highest BCUT2D eigenvalue weighted by Gasteiger charge is 2.01. The van der Waals surface area contributed by atoms with E-state index in [4.69, 9.17) is 27.3 Å². The van der Waals surface area contributed by atoms with E-state index in [0.717, 1.165) is 5.56 Å². The monoisotopic (exact) mass is 262 g/mol. The summed E-state index contributed by atoms with van der Waals surface area (Å²) in [4.78, 5) is 10.8. The summed E-state index contributed by atoms with van der Waals surface area (Å²) >= 11 is 5.86. The summed E-state index contributed by atoms with van der Waals surface area (Å²) in [5.41, 5.74) is 5.62. The second-order valence-electron chi connectivity index (χ2n) is 3.30. The molecule has 0 aromatic heterocycles. The lowest BCUT2D eigenvalue weighted by molar-refractivity contribution is -0.114. The lowest BCUT2D eigenvalue weighted by Crippen LogP contribution is -2.12. The predicted octanol–water partition coefficient (Wildman–Crippen LogP) is 2.30. The molecule has 0 bridgehead atoms. The van der Waals surface area contributed by atoms with Crippen LogP contribution in [0.5, 0.6) is 5.75 Å². The van der Waals surface area contributed by atoms with Gasteiger partial charge < -0.3 is 10.5 Å². The summed E-state index contributed by atoms with van der Waals surface area (Å²) in [5, 5.41) is 9.20. The van der Waals surface area contributed by atoms with Crippen LogP contribution in [0.25, 0.3) is 6.08 Å². The van der Waals surface area contributed by atoms with E-state index < -0.39 is 5.91 Å². The molecule has 5 heteroatoms. The van der Waals surface area contributed by atoms with Crippen molar-refractivity contribution in [2.24, 2.45) is 5.73 Å². The highest BCUT2D eigenvalue weighted by Crippen LogP contribution is 2.23. The molecule has 0 spiro atoms. The number of hydrogen-bond acceptors (Lipinski definition) is 3. The number of nitrogens with zero attached hydrogens (tertiary/aromatic N) is 1. The Labute approximate surface area is 110 Å². The number of methoxy groups -OCH3 is 1. The average molecular weight is 263 g/mol. The summed E-state index contributed by atoms with van der Waals surface area (Å²) in [6.45, 7) is 0. The van der Waals surface area contributed by atoms with Gasteiger partial charge in [0.2, 0.25) is 0 Å². The molecule has 1 aromatic rings. The Hall–Kier alpha value is -2.25. The number of benzene rings is 1. The van der Waals surface area contributed by atoms with Gasteiger partial charge in [0.15, 0.2) is 0 Å². The molecular formula is C13H11ClN2O2. The third-order valence-electron chi connectivity index (χ3n) is 2.12. The molecule has 0 saturated heterocycles. The Morgan fingerprint density at radius 2 is 2.28 bits per heavy atom. The SMILES string of the molecule is COc1ccc(Cl)cc1/C=C/C=C(\C#N)C(N)=O. The Balaban J connectivity index is 3.01. The van der Waals surface area contributed by atoms with E-state index >= 15 is 0 Å². The zero-order chi connectivity index (χ0) is 13.5. The summed E-state index contributed by atoms with van der Waals surface area (Å²) in [6.07, 6.45) is 4.55. The van der Waals surface area contributed by atoms with Crippen molar-refractivity contribution in [3.8, 4) is 11.8 Å². The van der Waals surface area contributed by atoms with Crippen LogP contribution < -0.4 is 10.5 Å². The number of amides is 1. The molecule has 4 nitrogen and oxygen atoms in total. The van der Waals surface area contributed by atoms with Gasteiger partial charge in [-0.15, -0.1) is 0 Å². The van der Waals surface area contributed by atoms with Crippen LogP contribution in [0.2, 0.25) is 5.02 Å². The van der Waals surface area contributed by atoms with E-state index in [9.17, 15) is 4.79 Å². The Morgan fingerprint density at radius 1 is 1.56 bits per heavy atom. The standard InChI is InChI=1S/C13H11ClN2O2/c1-18-12-6-5-11(14)7-9(12)3-2-4-10(8-15)13(16)17/h2-7H,1H3,(H2,16,17)/b3-2+,10-4+. The fraction of sp³-hybridized carbons (Fsp3) is 0.0769. The number of carbonyl (C=O) groups is 1. The summed E-state index contributed by atoms with van der Waals surface area (Å²) in [6, 6.07) is 6.85. The number of nitriles is 1. The van der Waals surface area contributed by atoms with Crippen LogP contribution in [0, 0.1) is 11.3 Å². The predicted molar refractivity (Wildman–Crippen MR) is 69.9 cm³/mol. The van der Waals surface area contributed by atoms with Gasteiger partial charge in [-0.2, -0.15) is 5.26 Å². The zero-order valence-electron chi connectivity index (χ0n) is 9.68. The van der Waals surface area contributed by atoms with Gasteiger partial charge >= 0.3 is 0 Å². The van der Waals surface area contributed by atoms with Crippen molar-refractivity contribution in [2.45, 2.75) is 0 Å². The van der Waals surface area contributed by atoms with E-state index in [1.54, 1.807) is 37.5 Å². The fourth-order valence-corrected chi connectivity index (χ4v) is 1.44. The van der Waals surface area contributed by atoms with E-state index in [-0.39, 0.29) is 5.57 Å². The molecule has 0 aliphatic rings. The van der Waals surface area contributed by atoms with Crippen molar-refractivity contribution < 1.29 is 9.53 Å². The molecule has 18 heavy (non-hydrogen) atoms. The first-order valence-corrected chi connectivity index (χ1v) is 5.38. The van der Waals surface area contributed by atoms with Crippen LogP contribution in [-0.2, 0) is 4.79 Å². The molecule has 1 amide bonds. The molecule has 0 atom stereocenters. The number of rotatable bonds is 4. The summed E-state index contributed by atoms with van der Waals surface area (Å²) in [5.74, 6) is -0.123. The highest BCUT2D eigenvalue weighted by atomic mass is 35.5. The van der Waals surface area contributed by atoms with E-state index in [1.807, 2.05) is 0 Å². The number of ether oxygens (including phenoxy) is 1. The lowest BCUT2D eigenvalue weighted by atomic mass is 10.1. The van der Waals surface area contributed by atoms with Gasteiger partial charge in [-0.05, 0) is 24.3 Å². The van der Waals surface area contributed by atoms with Gasteiger partial charge in [0.05, 0.1) is 7.11 Å². The number of nitrogens with two attached hydrogens (primary N) is 1. The van der Waals surface area contributed by atoms with Crippen molar-refractivity contribution in [3.63, 3.8) is 0 Å². The molecule has 0 unspecified atom stereocenters. The first-order valence-electron chi connectivity index (χ1n) is 5.00. The van der Waals surface area contributed by atoms with Crippen LogP contribution in [0.1, 0.15) is 5.56 Å². The third-order valence-corrected chi connectivity index (χ3v) is 2.35. The maximum Gasteiger partial charge on any atom is 0.259 e. The lowest BCUT2D eigenvalue weighted by Gasteiger charge is -2.04. The van der Waals surface area contributed by atoms with Crippen molar-refractivity contribution in [3.05, 3.63) is 46.5 Å². The second-order valence-corrected chi connectivity index (χ2v) is 3.74. The van der Waals surface area contributed by atoms with Gasteiger partial charge in [0.1, 0.15) is 17.4 Å². The Bertz CT molecular complexity index is 557. The maximum absolute atomic E-state index is 10.8. The highest BCUT2D eigenvalue weighted by molar-refractivity contribution is 6.30. The van der Waals surface area contributed by atoms with Gasteiger partial charge in [-0.3, -0.25) is 4.79 Å². The Morgan fingerprint density at radius 3 is 2.83 bits per heavy atom. The van der Waals surface area contributed by atoms with Gasteiger partial charge in [0, 0.05) is 10.6 Å². The smallest absolute Gasteiger partial charge is 0.259 e. The van der Waals surface area contributed by atoms with Gasteiger partial charge in [0.25, 0.3) is 5.91 Å². The molecule has 0 heterocycles. The first kappa shape index (κ1) is 13.8. The average Bonchev–Trinajstić information content (AvgIpc) is 2.34. The zero-order valence-corrected chi connectivity index (χ0v) is 10.4. The van der Waals surface area contributed by atoms with E-state index in [0.29, 0.717) is 10.8 Å². The minimum Gasteiger partial charge on any atom is -0.496 e. The normalized spacial score (nSPS) is 11.3. The van der Waals surface area contributed by atoms with Crippen LogP contribution in [0.3, 0.4) is 0 Å². The molecule has 0 fully saturated rings. The van der Waals surface area contributed by atoms with Gasteiger partial charge in [-0.25, -0.2) is 0 Å². The minimum atomic E-state index is -0.764. The van der Waals surface area contributed by atoms with Crippen LogP contribution >= 0.6 is 11.6 Å². The van der Waals surface area contributed by atoms with E-state index in [1.165, 1.54) is 12.2 Å².